The largest absolute Gasteiger partial charge is 0.454 e. The van der Waals surface area contributed by atoms with Gasteiger partial charge in [-0.2, -0.15) is 5.26 Å². The standard InChI is InChI=1S/C19H17N3O4S/c20-7-11-17(10-4-5-14-15(6-10)26-9-25-14)18-12(2-1-3-13(18)23)22-19(11)27-8-16(21)24/h4-6,17,22H,1-3,8-9H2,(H2,21,24). The first-order chi connectivity index (χ1) is 13.1. The van der Waals surface area contributed by atoms with Gasteiger partial charge in [0.2, 0.25) is 12.7 Å². The summed E-state index contributed by atoms with van der Waals surface area (Å²) in [6.07, 6.45) is 1.94. The average molecular weight is 383 g/mol. The highest BCUT2D eigenvalue weighted by Crippen LogP contribution is 2.46. The Labute approximate surface area is 160 Å². The fourth-order valence-corrected chi connectivity index (χ4v) is 4.41. The van der Waals surface area contributed by atoms with Crippen molar-refractivity contribution in [1.29, 1.82) is 5.26 Å². The van der Waals surface area contributed by atoms with E-state index in [1.165, 1.54) is 11.8 Å². The van der Waals surface area contributed by atoms with Gasteiger partial charge in [0, 0.05) is 17.7 Å². The smallest absolute Gasteiger partial charge is 0.231 e. The number of carbonyl (C=O) groups excluding carboxylic acids is 2. The van der Waals surface area contributed by atoms with Gasteiger partial charge in [-0.1, -0.05) is 17.8 Å². The van der Waals surface area contributed by atoms with E-state index in [1.54, 1.807) is 6.07 Å². The molecule has 0 saturated carbocycles. The van der Waals surface area contributed by atoms with E-state index in [1.807, 2.05) is 12.1 Å². The molecule has 0 bridgehead atoms. The first kappa shape index (κ1) is 17.5. The number of nitriles is 1. The third-order valence-electron chi connectivity index (χ3n) is 4.75. The minimum absolute atomic E-state index is 0.0399. The van der Waals surface area contributed by atoms with E-state index >= 15 is 0 Å². The topological polar surface area (TPSA) is 114 Å². The van der Waals surface area contributed by atoms with Crippen molar-refractivity contribution in [3.63, 3.8) is 0 Å². The minimum atomic E-state index is -0.496. The van der Waals surface area contributed by atoms with Crippen molar-refractivity contribution in [1.82, 2.24) is 5.32 Å². The molecule has 1 amide bonds. The van der Waals surface area contributed by atoms with Crippen molar-refractivity contribution < 1.29 is 19.1 Å². The molecule has 0 saturated heterocycles. The number of allylic oxidation sites excluding steroid dienone is 3. The van der Waals surface area contributed by atoms with E-state index in [9.17, 15) is 14.9 Å². The van der Waals surface area contributed by atoms with Gasteiger partial charge in [0.1, 0.15) is 0 Å². The highest BCUT2D eigenvalue weighted by atomic mass is 32.2. The van der Waals surface area contributed by atoms with Gasteiger partial charge in [-0.25, -0.2) is 0 Å². The molecule has 7 nitrogen and oxygen atoms in total. The number of dihydropyridines is 1. The van der Waals surface area contributed by atoms with Crippen molar-refractivity contribution >= 4 is 23.5 Å². The fraction of sp³-hybridized carbons (Fsp3) is 0.316. The zero-order valence-corrected chi connectivity index (χ0v) is 15.2. The molecule has 1 unspecified atom stereocenters. The molecule has 3 N–H and O–H groups in total. The number of nitrogens with zero attached hydrogens (tertiary/aromatic N) is 1. The van der Waals surface area contributed by atoms with Gasteiger partial charge in [-0.3, -0.25) is 9.59 Å². The number of amides is 1. The number of carbonyl (C=O) groups is 2. The average Bonchev–Trinajstić information content (AvgIpc) is 3.13. The molecule has 0 aromatic heterocycles. The fourth-order valence-electron chi connectivity index (χ4n) is 3.61. The van der Waals surface area contributed by atoms with Gasteiger partial charge in [0.15, 0.2) is 17.3 Å². The molecular weight excluding hydrogens is 366 g/mol. The number of thioether (sulfide) groups is 1. The summed E-state index contributed by atoms with van der Waals surface area (Å²) in [7, 11) is 0. The summed E-state index contributed by atoms with van der Waals surface area (Å²) in [6.45, 7) is 0.151. The number of nitrogens with two attached hydrogens (primary N) is 1. The number of rotatable bonds is 4. The number of hydrogen-bond acceptors (Lipinski definition) is 7. The van der Waals surface area contributed by atoms with Gasteiger partial charge in [-0.15, -0.1) is 0 Å². The number of ether oxygens (including phenoxy) is 2. The van der Waals surface area contributed by atoms with Crippen LogP contribution in [-0.2, 0) is 9.59 Å². The van der Waals surface area contributed by atoms with Crippen LogP contribution in [0.4, 0.5) is 0 Å². The first-order valence-electron chi connectivity index (χ1n) is 8.56. The summed E-state index contributed by atoms with van der Waals surface area (Å²) in [5.74, 6) is 0.369. The third-order valence-corrected chi connectivity index (χ3v) is 5.79. The van der Waals surface area contributed by atoms with Crippen LogP contribution >= 0.6 is 11.8 Å². The summed E-state index contributed by atoms with van der Waals surface area (Å²) in [5.41, 5.74) is 7.91. The normalized spacial score (nSPS) is 20.9. The number of Topliss-reactive ketones (excluding diaryl/α,β-unsaturated/α-hetero) is 1. The molecule has 27 heavy (non-hydrogen) atoms. The van der Waals surface area contributed by atoms with Gasteiger partial charge < -0.3 is 20.5 Å². The summed E-state index contributed by atoms with van der Waals surface area (Å²) in [6, 6.07) is 7.69. The molecule has 2 heterocycles. The van der Waals surface area contributed by atoms with Crippen molar-refractivity contribution in [2.45, 2.75) is 25.2 Å². The molecule has 1 aromatic rings. The second-order valence-corrected chi connectivity index (χ2v) is 7.43. The molecule has 4 rings (SSSR count). The quantitative estimate of drug-likeness (QED) is 0.818. The Hall–Kier alpha value is -2.92. The summed E-state index contributed by atoms with van der Waals surface area (Å²) >= 11 is 1.19. The van der Waals surface area contributed by atoms with Crippen LogP contribution in [0.25, 0.3) is 0 Å². The lowest BCUT2D eigenvalue weighted by molar-refractivity contribution is -0.116. The lowest BCUT2D eigenvalue weighted by Crippen LogP contribution is -2.31. The van der Waals surface area contributed by atoms with Gasteiger partial charge in [0.05, 0.1) is 28.3 Å². The number of primary amides is 1. The maximum Gasteiger partial charge on any atom is 0.231 e. The molecule has 1 aromatic carbocycles. The SMILES string of the molecule is N#CC1=C(SCC(N)=O)NC2=C(C(=O)CCC2)C1c1ccc2c(c1)OCO2. The highest BCUT2D eigenvalue weighted by molar-refractivity contribution is 8.03. The van der Waals surface area contributed by atoms with Crippen LogP contribution in [0.5, 0.6) is 11.5 Å². The minimum Gasteiger partial charge on any atom is -0.454 e. The molecule has 3 aliphatic rings. The molecule has 138 valence electrons. The maximum atomic E-state index is 12.7. The van der Waals surface area contributed by atoms with Crippen molar-refractivity contribution in [2.24, 2.45) is 5.73 Å². The van der Waals surface area contributed by atoms with E-state index in [-0.39, 0.29) is 18.3 Å². The zero-order valence-electron chi connectivity index (χ0n) is 14.4. The summed E-state index contributed by atoms with van der Waals surface area (Å²) in [5, 5.41) is 13.6. The van der Waals surface area contributed by atoms with Gasteiger partial charge >= 0.3 is 0 Å². The second-order valence-electron chi connectivity index (χ2n) is 6.45. The predicted octanol–water partition coefficient (Wildman–Crippen LogP) is 2.06. The third kappa shape index (κ3) is 3.15. The molecule has 1 atom stereocenters. The number of ketones is 1. The van der Waals surface area contributed by atoms with E-state index in [4.69, 9.17) is 15.2 Å². The van der Waals surface area contributed by atoms with Crippen LogP contribution in [0.15, 0.2) is 40.1 Å². The summed E-state index contributed by atoms with van der Waals surface area (Å²) in [4.78, 5) is 23.9. The van der Waals surface area contributed by atoms with Gasteiger partial charge in [-0.05, 0) is 30.5 Å². The molecule has 1 aliphatic carbocycles. The van der Waals surface area contributed by atoms with Crippen molar-refractivity contribution in [3.8, 4) is 17.6 Å². The lowest BCUT2D eigenvalue weighted by Gasteiger charge is -2.33. The molecule has 0 fully saturated rings. The van der Waals surface area contributed by atoms with E-state index in [0.717, 1.165) is 24.1 Å². The zero-order chi connectivity index (χ0) is 19.0. The van der Waals surface area contributed by atoms with Crippen molar-refractivity contribution in [3.05, 3.63) is 45.6 Å². The van der Waals surface area contributed by atoms with E-state index in [2.05, 4.69) is 11.4 Å². The number of hydrogen-bond donors (Lipinski definition) is 2. The van der Waals surface area contributed by atoms with E-state index in [0.29, 0.717) is 34.1 Å². The summed E-state index contributed by atoms with van der Waals surface area (Å²) < 4.78 is 10.8. The van der Waals surface area contributed by atoms with Crippen LogP contribution in [0.1, 0.15) is 30.7 Å². The van der Waals surface area contributed by atoms with Crippen LogP contribution in [0, 0.1) is 11.3 Å². The Morgan fingerprint density at radius 2 is 2.15 bits per heavy atom. The Morgan fingerprint density at radius 3 is 2.93 bits per heavy atom. The Kier molecular flexibility index (Phi) is 4.54. The number of benzene rings is 1. The Morgan fingerprint density at radius 1 is 1.33 bits per heavy atom. The lowest BCUT2D eigenvalue weighted by atomic mass is 9.77. The van der Waals surface area contributed by atoms with Gasteiger partial charge in [0.25, 0.3) is 0 Å². The first-order valence-corrected chi connectivity index (χ1v) is 9.55. The number of nitrogens with one attached hydrogen (secondary N) is 1. The predicted molar refractivity (Wildman–Crippen MR) is 98.6 cm³/mol. The maximum absolute atomic E-state index is 12.7. The van der Waals surface area contributed by atoms with E-state index < -0.39 is 11.8 Å². The Balaban J connectivity index is 1.83. The van der Waals surface area contributed by atoms with Crippen LogP contribution in [-0.4, -0.2) is 24.2 Å². The van der Waals surface area contributed by atoms with Crippen LogP contribution < -0.4 is 20.5 Å². The molecule has 8 heteroatoms. The second kappa shape index (κ2) is 7.00. The molecule has 0 radical (unpaired) electrons. The van der Waals surface area contributed by atoms with Crippen molar-refractivity contribution in [2.75, 3.05) is 12.5 Å². The number of fused-ring (bicyclic) bond motifs is 1. The van der Waals surface area contributed by atoms with Crippen LogP contribution in [0.2, 0.25) is 0 Å². The molecular formula is C19H17N3O4S. The monoisotopic (exact) mass is 383 g/mol. The molecule has 0 spiro atoms. The molecule has 2 aliphatic heterocycles. The van der Waals surface area contributed by atoms with Crippen LogP contribution in [0.3, 0.4) is 0 Å². The highest BCUT2D eigenvalue weighted by Gasteiger charge is 2.37. The Bertz CT molecular complexity index is 945.